The van der Waals surface area contributed by atoms with Crippen LogP contribution in [0.25, 0.3) is 0 Å². The number of carbonyl (C=O) groups excluding carboxylic acids is 1. The summed E-state index contributed by atoms with van der Waals surface area (Å²) in [6, 6.07) is 4.18. The number of rotatable bonds is 9. The number of aromatic carboxylic acids is 1. The first kappa shape index (κ1) is 31.5. The van der Waals surface area contributed by atoms with E-state index in [1.807, 2.05) is 0 Å². The highest BCUT2D eigenvalue weighted by atomic mass is 32.2. The minimum atomic E-state index is -4.71. The van der Waals surface area contributed by atoms with Crippen LogP contribution in [-0.4, -0.2) is 72.0 Å². The van der Waals surface area contributed by atoms with Gasteiger partial charge in [-0.2, -0.15) is 26.3 Å². The van der Waals surface area contributed by atoms with Gasteiger partial charge in [0.1, 0.15) is 11.9 Å². The van der Waals surface area contributed by atoms with Crippen molar-refractivity contribution in [1.82, 2.24) is 19.6 Å². The third kappa shape index (κ3) is 7.31. The molecule has 0 radical (unpaired) electrons. The predicted molar refractivity (Wildman–Crippen MR) is 135 cm³/mol. The molecule has 0 aliphatic carbocycles. The molecule has 1 amide bonds. The van der Waals surface area contributed by atoms with Gasteiger partial charge in [-0.05, 0) is 42.0 Å². The van der Waals surface area contributed by atoms with Gasteiger partial charge in [0.05, 0.1) is 22.9 Å². The molecule has 0 spiro atoms. The lowest BCUT2D eigenvalue weighted by atomic mass is 10.1. The number of amides is 1. The molecule has 2 aromatic carbocycles. The summed E-state index contributed by atoms with van der Waals surface area (Å²) in [5.41, 5.74) is -1.32. The van der Waals surface area contributed by atoms with Crippen LogP contribution in [0.3, 0.4) is 0 Å². The van der Waals surface area contributed by atoms with Crippen LogP contribution in [0.4, 0.5) is 32.2 Å². The van der Waals surface area contributed by atoms with Gasteiger partial charge in [0.25, 0.3) is 0 Å². The summed E-state index contributed by atoms with van der Waals surface area (Å²) in [7, 11) is -4.53. The fourth-order valence-electron chi connectivity index (χ4n) is 4.17. The van der Waals surface area contributed by atoms with Gasteiger partial charge in [0, 0.05) is 26.2 Å². The Balaban J connectivity index is 1.59. The Morgan fingerprint density at radius 1 is 1.07 bits per heavy atom. The molecule has 2 N–H and O–H groups in total. The van der Waals surface area contributed by atoms with Crippen LogP contribution in [0.1, 0.15) is 21.6 Å². The number of sulfonamides is 1. The molecule has 4 rings (SSSR count). The first-order chi connectivity index (χ1) is 20.2. The third-order valence-corrected chi connectivity index (χ3v) is 8.20. The van der Waals surface area contributed by atoms with E-state index in [1.165, 1.54) is 11.0 Å². The van der Waals surface area contributed by atoms with E-state index in [0.29, 0.717) is 12.1 Å². The SMILES string of the molecule is O=C(O)c1cnc(N2CCN(S(=O)(=O)c3ccc(C(F)(F)F)cc3)[C@@H](C(=O)NCc3ccc(OC(F)F)c(F)c3)C2)cn1. The van der Waals surface area contributed by atoms with Crippen molar-refractivity contribution in [2.75, 3.05) is 24.5 Å². The lowest BCUT2D eigenvalue weighted by Crippen LogP contribution is -2.60. The molecule has 3 aromatic rings. The van der Waals surface area contributed by atoms with Crippen molar-refractivity contribution >= 4 is 27.7 Å². The van der Waals surface area contributed by atoms with Crippen LogP contribution in [-0.2, 0) is 27.5 Å². The number of piperazine rings is 1. The molecular formula is C25H21F6N5O6S. The monoisotopic (exact) mass is 633 g/mol. The second-order valence-corrected chi connectivity index (χ2v) is 10.9. The average molecular weight is 634 g/mol. The highest BCUT2D eigenvalue weighted by Crippen LogP contribution is 2.31. The van der Waals surface area contributed by atoms with Crippen molar-refractivity contribution < 1.29 is 54.2 Å². The Labute approximate surface area is 239 Å². The molecule has 43 heavy (non-hydrogen) atoms. The molecular weight excluding hydrogens is 612 g/mol. The van der Waals surface area contributed by atoms with Gasteiger partial charge in [-0.3, -0.25) is 4.79 Å². The number of nitrogens with zero attached hydrogens (tertiary/aromatic N) is 4. The van der Waals surface area contributed by atoms with E-state index in [0.717, 1.165) is 41.0 Å². The molecule has 0 bridgehead atoms. The molecule has 2 heterocycles. The minimum Gasteiger partial charge on any atom is -0.476 e. The van der Waals surface area contributed by atoms with Gasteiger partial charge < -0.3 is 20.1 Å². The Kier molecular flexibility index (Phi) is 9.09. The maximum atomic E-state index is 14.1. The third-order valence-electron chi connectivity index (χ3n) is 6.28. The molecule has 1 fully saturated rings. The van der Waals surface area contributed by atoms with Gasteiger partial charge in [0.2, 0.25) is 15.9 Å². The van der Waals surface area contributed by atoms with Crippen LogP contribution < -0.4 is 15.0 Å². The van der Waals surface area contributed by atoms with Gasteiger partial charge in [-0.1, -0.05) is 6.07 Å². The number of carbonyl (C=O) groups is 2. The van der Waals surface area contributed by atoms with E-state index in [2.05, 4.69) is 20.0 Å². The van der Waals surface area contributed by atoms with Crippen molar-refractivity contribution in [2.45, 2.75) is 30.3 Å². The molecule has 1 aliphatic rings. The summed E-state index contributed by atoms with van der Waals surface area (Å²) in [4.78, 5) is 33.1. The standard InChI is InChI=1S/C25H21F6N5O6S/c26-17-9-14(1-6-20(17)42-24(27)28)10-34-22(37)19-13-35(21-12-32-18(11-33-21)23(38)39)7-8-36(19)43(40,41)16-4-2-15(3-5-16)25(29,30)31/h1-6,9,11-12,19,24H,7-8,10,13H2,(H,34,37)(H,38,39)/t19-/m1/s1. The number of hydrogen-bond acceptors (Lipinski definition) is 8. The molecule has 1 saturated heterocycles. The highest BCUT2D eigenvalue weighted by molar-refractivity contribution is 7.89. The Bertz CT molecular complexity index is 1590. The largest absolute Gasteiger partial charge is 0.476 e. The van der Waals surface area contributed by atoms with E-state index >= 15 is 0 Å². The van der Waals surface area contributed by atoms with Crippen LogP contribution in [0, 0.1) is 5.82 Å². The van der Waals surface area contributed by atoms with E-state index in [-0.39, 0.29) is 43.3 Å². The maximum Gasteiger partial charge on any atom is 0.416 e. The van der Waals surface area contributed by atoms with Crippen molar-refractivity contribution in [3.05, 3.63) is 77.5 Å². The molecule has 1 aromatic heterocycles. The van der Waals surface area contributed by atoms with Gasteiger partial charge in [-0.25, -0.2) is 27.6 Å². The minimum absolute atomic E-state index is 0.0540. The zero-order chi connectivity index (χ0) is 31.5. The van der Waals surface area contributed by atoms with Crippen LogP contribution >= 0.6 is 0 Å². The molecule has 0 unspecified atom stereocenters. The van der Waals surface area contributed by atoms with Crippen molar-refractivity contribution in [1.29, 1.82) is 0 Å². The number of carboxylic acids is 1. The zero-order valence-corrected chi connectivity index (χ0v) is 22.4. The normalized spacial score (nSPS) is 16.3. The van der Waals surface area contributed by atoms with Gasteiger partial charge >= 0.3 is 18.8 Å². The number of aromatic nitrogens is 2. The predicted octanol–water partition coefficient (Wildman–Crippen LogP) is 3.13. The summed E-state index contributed by atoms with van der Waals surface area (Å²) >= 11 is 0. The first-order valence-electron chi connectivity index (χ1n) is 12.2. The van der Waals surface area contributed by atoms with Crippen LogP contribution in [0.15, 0.2) is 59.8 Å². The van der Waals surface area contributed by atoms with Crippen molar-refractivity contribution in [3.63, 3.8) is 0 Å². The number of benzene rings is 2. The fourth-order valence-corrected chi connectivity index (χ4v) is 5.75. The lowest BCUT2D eigenvalue weighted by molar-refractivity contribution is -0.137. The highest BCUT2D eigenvalue weighted by Gasteiger charge is 2.41. The van der Waals surface area contributed by atoms with E-state index < -0.39 is 62.8 Å². The van der Waals surface area contributed by atoms with E-state index in [9.17, 15) is 44.3 Å². The summed E-state index contributed by atoms with van der Waals surface area (Å²) < 4.78 is 110. The smallest absolute Gasteiger partial charge is 0.416 e. The molecule has 0 saturated carbocycles. The Morgan fingerprint density at radius 3 is 2.33 bits per heavy atom. The lowest BCUT2D eigenvalue weighted by Gasteiger charge is -2.40. The van der Waals surface area contributed by atoms with Gasteiger partial charge in [0.15, 0.2) is 17.3 Å². The fraction of sp³-hybridized carbons (Fsp3) is 0.280. The summed E-state index contributed by atoms with van der Waals surface area (Å²) in [6.07, 6.45) is -2.63. The van der Waals surface area contributed by atoms with Crippen molar-refractivity contribution in [3.8, 4) is 5.75 Å². The Morgan fingerprint density at radius 2 is 1.77 bits per heavy atom. The van der Waals surface area contributed by atoms with E-state index in [1.54, 1.807) is 0 Å². The topological polar surface area (TPSA) is 142 Å². The van der Waals surface area contributed by atoms with Crippen LogP contribution in [0.2, 0.25) is 0 Å². The summed E-state index contributed by atoms with van der Waals surface area (Å²) in [6.45, 7) is -4.35. The summed E-state index contributed by atoms with van der Waals surface area (Å²) in [5, 5.41) is 11.5. The number of carboxylic acid groups (broad SMARTS) is 1. The number of hydrogen-bond donors (Lipinski definition) is 2. The number of alkyl halides is 5. The number of anilines is 1. The number of nitrogens with one attached hydrogen (secondary N) is 1. The first-order valence-corrected chi connectivity index (χ1v) is 13.6. The second-order valence-electron chi connectivity index (χ2n) is 9.03. The number of halogens is 6. The van der Waals surface area contributed by atoms with E-state index in [4.69, 9.17) is 5.11 Å². The molecule has 230 valence electrons. The summed E-state index contributed by atoms with van der Waals surface area (Å²) in [5.74, 6) is -3.97. The van der Waals surface area contributed by atoms with Crippen molar-refractivity contribution in [2.24, 2.45) is 0 Å². The second kappa shape index (κ2) is 12.4. The quantitative estimate of drug-likeness (QED) is 0.340. The molecule has 11 nitrogen and oxygen atoms in total. The molecule has 1 aliphatic heterocycles. The molecule has 1 atom stereocenters. The van der Waals surface area contributed by atoms with Crippen LogP contribution in [0.5, 0.6) is 5.75 Å². The Hall–Kier alpha value is -4.45. The number of ether oxygens (including phenoxy) is 1. The zero-order valence-electron chi connectivity index (χ0n) is 21.6. The average Bonchev–Trinajstić information content (AvgIpc) is 2.96. The van der Waals surface area contributed by atoms with Gasteiger partial charge in [-0.15, -0.1) is 0 Å². The molecule has 18 heteroatoms. The maximum absolute atomic E-state index is 14.1.